The van der Waals surface area contributed by atoms with E-state index in [0.29, 0.717) is 24.8 Å². The summed E-state index contributed by atoms with van der Waals surface area (Å²) in [4.78, 5) is 25.3. The highest BCUT2D eigenvalue weighted by molar-refractivity contribution is 5.78. The van der Waals surface area contributed by atoms with E-state index in [1.807, 2.05) is 4.90 Å². The van der Waals surface area contributed by atoms with Gasteiger partial charge in [0.1, 0.15) is 0 Å². The molecule has 1 heterocycles. The van der Waals surface area contributed by atoms with Gasteiger partial charge >= 0.3 is 5.97 Å². The first-order valence-corrected chi connectivity index (χ1v) is 8.19. The number of carboxylic acids is 1. The molecule has 0 aromatic heterocycles. The number of amides is 1. The fourth-order valence-corrected chi connectivity index (χ4v) is 3.81. The number of hydrogen-bond donors (Lipinski definition) is 2. The molecule has 4 unspecified atom stereocenters. The molecule has 5 heteroatoms. The van der Waals surface area contributed by atoms with Gasteiger partial charge < -0.3 is 15.3 Å². The number of aliphatic carboxylic acids is 1. The number of piperidine rings is 1. The van der Waals surface area contributed by atoms with E-state index in [1.54, 1.807) is 0 Å². The van der Waals surface area contributed by atoms with Gasteiger partial charge in [-0.25, -0.2) is 0 Å². The van der Waals surface area contributed by atoms with Gasteiger partial charge in [0, 0.05) is 19.1 Å². The number of carbonyl (C=O) groups is 2. The summed E-state index contributed by atoms with van der Waals surface area (Å²) in [5.74, 6) is 0.353. The molecule has 1 aliphatic carbocycles. The highest BCUT2D eigenvalue weighted by Gasteiger charge is 2.28. The number of hydrogen-bond acceptors (Lipinski definition) is 3. The first-order valence-electron chi connectivity index (χ1n) is 8.19. The van der Waals surface area contributed by atoms with Crippen LogP contribution in [0.2, 0.25) is 0 Å². The Morgan fingerprint density at radius 2 is 1.81 bits per heavy atom. The van der Waals surface area contributed by atoms with E-state index in [0.717, 1.165) is 32.4 Å². The van der Waals surface area contributed by atoms with Crippen LogP contribution in [0.25, 0.3) is 0 Å². The van der Waals surface area contributed by atoms with Crippen molar-refractivity contribution < 1.29 is 14.7 Å². The lowest BCUT2D eigenvalue weighted by molar-refractivity contribution is -0.143. The monoisotopic (exact) mass is 296 g/mol. The van der Waals surface area contributed by atoms with Crippen molar-refractivity contribution in [3.05, 3.63) is 0 Å². The molecule has 1 saturated carbocycles. The minimum atomic E-state index is -0.702. The van der Waals surface area contributed by atoms with Crippen LogP contribution in [0.3, 0.4) is 0 Å². The molecule has 1 saturated heterocycles. The van der Waals surface area contributed by atoms with E-state index in [1.165, 1.54) is 6.42 Å². The molecule has 2 N–H and O–H groups in total. The second-order valence-electron chi connectivity index (χ2n) is 7.02. The van der Waals surface area contributed by atoms with Gasteiger partial charge in [-0.3, -0.25) is 9.59 Å². The highest BCUT2D eigenvalue weighted by Crippen LogP contribution is 2.24. The summed E-state index contributed by atoms with van der Waals surface area (Å²) in [6.45, 7) is 6.45. The molecular weight excluding hydrogens is 268 g/mol. The van der Waals surface area contributed by atoms with Crippen molar-refractivity contribution in [2.24, 2.45) is 17.8 Å². The van der Waals surface area contributed by atoms with E-state index in [2.05, 4.69) is 19.2 Å². The van der Waals surface area contributed by atoms with Crippen molar-refractivity contribution in [2.45, 2.75) is 52.0 Å². The SMILES string of the molecule is CC1CC(C)CN(C(=O)CNC2CCCC(C(=O)O)C2)C1. The van der Waals surface area contributed by atoms with Crippen LogP contribution in [0.15, 0.2) is 0 Å². The molecule has 120 valence electrons. The summed E-state index contributed by atoms with van der Waals surface area (Å²) in [6.07, 6.45) is 4.52. The van der Waals surface area contributed by atoms with Crippen molar-refractivity contribution in [2.75, 3.05) is 19.6 Å². The summed E-state index contributed by atoms with van der Waals surface area (Å²) >= 11 is 0. The molecule has 4 atom stereocenters. The van der Waals surface area contributed by atoms with Crippen LogP contribution in [0.1, 0.15) is 46.0 Å². The Hall–Kier alpha value is -1.10. The van der Waals surface area contributed by atoms with Gasteiger partial charge in [-0.15, -0.1) is 0 Å². The minimum Gasteiger partial charge on any atom is -0.481 e. The molecule has 0 aromatic rings. The lowest BCUT2D eigenvalue weighted by Gasteiger charge is -2.35. The molecular formula is C16H28N2O3. The molecule has 2 fully saturated rings. The maximum Gasteiger partial charge on any atom is 0.306 e. The molecule has 0 spiro atoms. The third-order valence-electron chi connectivity index (χ3n) is 4.79. The Balaban J connectivity index is 1.77. The topological polar surface area (TPSA) is 69.6 Å². The van der Waals surface area contributed by atoms with Crippen molar-refractivity contribution in [3.8, 4) is 0 Å². The zero-order chi connectivity index (χ0) is 15.4. The maximum atomic E-state index is 12.3. The van der Waals surface area contributed by atoms with E-state index in [4.69, 9.17) is 5.11 Å². The molecule has 5 nitrogen and oxygen atoms in total. The molecule has 2 rings (SSSR count). The van der Waals surface area contributed by atoms with Gasteiger partial charge in [-0.05, 0) is 37.5 Å². The van der Waals surface area contributed by atoms with Gasteiger partial charge in [0.25, 0.3) is 0 Å². The van der Waals surface area contributed by atoms with Crippen molar-refractivity contribution in [1.29, 1.82) is 0 Å². The molecule has 1 aliphatic heterocycles. The number of rotatable bonds is 4. The summed E-state index contributed by atoms with van der Waals surface area (Å²) < 4.78 is 0. The second-order valence-corrected chi connectivity index (χ2v) is 7.02. The predicted octanol–water partition coefficient (Wildman–Crippen LogP) is 1.72. The van der Waals surface area contributed by atoms with E-state index in [-0.39, 0.29) is 17.9 Å². The number of nitrogens with zero attached hydrogens (tertiary/aromatic N) is 1. The average molecular weight is 296 g/mol. The number of carboxylic acid groups (broad SMARTS) is 1. The third kappa shape index (κ3) is 4.70. The quantitative estimate of drug-likeness (QED) is 0.829. The third-order valence-corrected chi connectivity index (χ3v) is 4.79. The second kappa shape index (κ2) is 7.25. The first-order chi connectivity index (χ1) is 9.95. The number of nitrogens with one attached hydrogen (secondary N) is 1. The van der Waals surface area contributed by atoms with Crippen LogP contribution in [-0.4, -0.2) is 47.6 Å². The van der Waals surface area contributed by atoms with Gasteiger partial charge in [0.05, 0.1) is 12.5 Å². The summed E-state index contributed by atoms with van der Waals surface area (Å²) in [5.41, 5.74) is 0. The summed E-state index contributed by atoms with van der Waals surface area (Å²) in [7, 11) is 0. The van der Waals surface area contributed by atoms with Crippen molar-refractivity contribution in [3.63, 3.8) is 0 Å². The van der Waals surface area contributed by atoms with E-state index >= 15 is 0 Å². The predicted molar refractivity (Wildman–Crippen MR) is 80.9 cm³/mol. The molecule has 0 bridgehead atoms. The standard InChI is InChI=1S/C16H28N2O3/c1-11-6-12(2)10-18(9-11)15(19)8-17-14-5-3-4-13(7-14)16(20)21/h11-14,17H,3-10H2,1-2H3,(H,20,21). The van der Waals surface area contributed by atoms with Crippen LogP contribution in [0.4, 0.5) is 0 Å². The summed E-state index contributed by atoms with van der Waals surface area (Å²) in [6, 6.07) is 0.170. The lowest BCUT2D eigenvalue weighted by Crippen LogP contribution is -2.48. The Bertz CT molecular complexity index is 376. The van der Waals surface area contributed by atoms with E-state index in [9.17, 15) is 9.59 Å². The summed E-state index contributed by atoms with van der Waals surface area (Å²) in [5, 5.41) is 12.4. The number of carbonyl (C=O) groups excluding carboxylic acids is 1. The Morgan fingerprint density at radius 3 is 2.43 bits per heavy atom. The fraction of sp³-hybridized carbons (Fsp3) is 0.875. The molecule has 21 heavy (non-hydrogen) atoms. The molecule has 0 aromatic carbocycles. The van der Waals surface area contributed by atoms with Crippen LogP contribution in [0.5, 0.6) is 0 Å². The van der Waals surface area contributed by atoms with Gasteiger partial charge in [0.15, 0.2) is 0 Å². The largest absolute Gasteiger partial charge is 0.481 e. The highest BCUT2D eigenvalue weighted by atomic mass is 16.4. The van der Waals surface area contributed by atoms with Crippen LogP contribution >= 0.6 is 0 Å². The molecule has 2 aliphatic rings. The fourth-order valence-electron chi connectivity index (χ4n) is 3.81. The zero-order valence-corrected chi connectivity index (χ0v) is 13.2. The Kier molecular flexibility index (Phi) is 5.62. The smallest absolute Gasteiger partial charge is 0.306 e. The van der Waals surface area contributed by atoms with Crippen molar-refractivity contribution >= 4 is 11.9 Å². The van der Waals surface area contributed by atoms with Gasteiger partial charge in [-0.2, -0.15) is 0 Å². The van der Waals surface area contributed by atoms with Gasteiger partial charge in [0.2, 0.25) is 5.91 Å². The van der Waals surface area contributed by atoms with E-state index < -0.39 is 5.97 Å². The Labute approximate surface area is 127 Å². The van der Waals surface area contributed by atoms with Crippen LogP contribution < -0.4 is 5.32 Å². The average Bonchev–Trinajstić information content (AvgIpc) is 2.44. The van der Waals surface area contributed by atoms with Gasteiger partial charge in [-0.1, -0.05) is 20.3 Å². The minimum absolute atomic E-state index is 0.158. The Morgan fingerprint density at radius 1 is 1.14 bits per heavy atom. The van der Waals surface area contributed by atoms with Crippen LogP contribution in [-0.2, 0) is 9.59 Å². The molecule has 0 radical (unpaired) electrons. The first kappa shape index (κ1) is 16.3. The molecule has 1 amide bonds. The van der Waals surface area contributed by atoms with Crippen molar-refractivity contribution in [1.82, 2.24) is 10.2 Å². The zero-order valence-electron chi connectivity index (χ0n) is 13.2. The van der Waals surface area contributed by atoms with Crippen LogP contribution in [0, 0.1) is 17.8 Å². The maximum absolute atomic E-state index is 12.3. The lowest BCUT2D eigenvalue weighted by atomic mass is 9.86. The number of likely N-dealkylation sites (tertiary alicyclic amines) is 1. The normalized spacial score (nSPS) is 33.7.